The van der Waals surface area contributed by atoms with Crippen LogP contribution in [0, 0.1) is 11.8 Å². The average Bonchev–Trinajstić information content (AvgIpc) is 3.58. The van der Waals surface area contributed by atoms with E-state index in [0.29, 0.717) is 24.1 Å². The van der Waals surface area contributed by atoms with Gasteiger partial charge in [0, 0.05) is 18.8 Å². The third-order valence-electron chi connectivity index (χ3n) is 6.08. The number of methoxy groups -OCH3 is 1. The van der Waals surface area contributed by atoms with Crippen LogP contribution >= 0.6 is 12.2 Å². The van der Waals surface area contributed by atoms with Crippen LogP contribution in [0.2, 0.25) is 0 Å². The van der Waals surface area contributed by atoms with E-state index >= 15 is 0 Å². The monoisotopic (exact) mass is 526 g/mol. The second-order valence-corrected chi connectivity index (χ2v) is 12.0. The van der Waals surface area contributed by atoms with Gasteiger partial charge in [-0.2, -0.15) is 0 Å². The molecule has 192 valence electrons. The normalized spacial score (nSPS) is 13.6. The highest BCUT2D eigenvalue weighted by Gasteiger charge is 2.29. The second kappa shape index (κ2) is 11.4. The number of nitrogens with zero attached hydrogens (tertiary/aromatic N) is 3. The van der Waals surface area contributed by atoms with Gasteiger partial charge in [-0.25, -0.2) is 13.4 Å². The van der Waals surface area contributed by atoms with Crippen molar-refractivity contribution in [3.63, 3.8) is 0 Å². The van der Waals surface area contributed by atoms with Gasteiger partial charge in [-0.3, -0.25) is 0 Å². The van der Waals surface area contributed by atoms with Gasteiger partial charge in [-0.05, 0) is 66.7 Å². The fourth-order valence-electron chi connectivity index (χ4n) is 4.09. The topological polar surface area (TPSA) is 76.5 Å². The van der Waals surface area contributed by atoms with Crippen molar-refractivity contribution in [1.29, 1.82) is 0 Å². The lowest BCUT2D eigenvalue weighted by Gasteiger charge is -2.27. The van der Waals surface area contributed by atoms with Gasteiger partial charge in [0.15, 0.2) is 5.11 Å². The predicted octanol–water partition coefficient (Wildman–Crippen LogP) is 5.13. The summed E-state index contributed by atoms with van der Waals surface area (Å²) >= 11 is 5.80. The molecule has 0 saturated heterocycles. The number of thiocarbonyl (C=S) groups is 1. The Morgan fingerprint density at radius 1 is 1.17 bits per heavy atom. The minimum atomic E-state index is -3.62. The highest BCUT2D eigenvalue weighted by Crippen LogP contribution is 2.31. The minimum absolute atomic E-state index is 0.0778. The Hall–Kier alpha value is -2.91. The summed E-state index contributed by atoms with van der Waals surface area (Å²) in [5.74, 6) is 1.56. The van der Waals surface area contributed by atoms with E-state index in [1.165, 1.54) is 12.8 Å². The van der Waals surface area contributed by atoms with E-state index in [1.54, 1.807) is 13.3 Å². The number of nitrogens with one attached hydrogen (secondary N) is 1. The molecule has 0 atom stereocenters. The molecule has 1 aliphatic carbocycles. The number of sulfone groups is 1. The van der Waals surface area contributed by atoms with Gasteiger partial charge >= 0.3 is 0 Å². The first kappa shape index (κ1) is 26.2. The summed E-state index contributed by atoms with van der Waals surface area (Å²) in [7, 11) is -1.98. The largest absolute Gasteiger partial charge is 0.497 e. The zero-order valence-electron chi connectivity index (χ0n) is 21.1. The Kier molecular flexibility index (Phi) is 8.31. The van der Waals surface area contributed by atoms with Crippen molar-refractivity contribution in [2.45, 2.75) is 50.7 Å². The van der Waals surface area contributed by atoms with Crippen LogP contribution in [-0.2, 0) is 28.7 Å². The molecule has 36 heavy (non-hydrogen) atoms. The summed E-state index contributed by atoms with van der Waals surface area (Å²) in [4.78, 5) is 6.54. The average molecular weight is 527 g/mol. The SMILES string of the molecule is COc1ccc(NC(=S)N(Cc2cnc(S(=O)(=O)Cc3ccccc3)n2CC(C)C)CC2CC2)cc1. The van der Waals surface area contributed by atoms with E-state index in [-0.39, 0.29) is 16.8 Å². The predicted molar refractivity (Wildman–Crippen MR) is 147 cm³/mol. The number of benzene rings is 2. The van der Waals surface area contributed by atoms with Crippen molar-refractivity contribution in [2.75, 3.05) is 19.0 Å². The van der Waals surface area contributed by atoms with Crippen LogP contribution in [0.5, 0.6) is 5.75 Å². The van der Waals surface area contributed by atoms with Crippen LogP contribution in [0.1, 0.15) is 37.9 Å². The zero-order valence-corrected chi connectivity index (χ0v) is 22.7. The van der Waals surface area contributed by atoms with Gasteiger partial charge in [-0.15, -0.1) is 0 Å². The maximum Gasteiger partial charge on any atom is 0.228 e. The third kappa shape index (κ3) is 6.85. The van der Waals surface area contributed by atoms with Gasteiger partial charge in [0.1, 0.15) is 5.75 Å². The summed E-state index contributed by atoms with van der Waals surface area (Å²) in [5.41, 5.74) is 2.47. The molecule has 0 amide bonds. The molecule has 1 aliphatic rings. The molecule has 9 heteroatoms. The lowest BCUT2D eigenvalue weighted by Crippen LogP contribution is -2.36. The lowest BCUT2D eigenvalue weighted by atomic mass is 10.2. The first-order chi connectivity index (χ1) is 17.2. The summed E-state index contributed by atoms with van der Waals surface area (Å²) in [6.07, 6.45) is 4.06. The van der Waals surface area contributed by atoms with Gasteiger partial charge < -0.3 is 19.5 Å². The Bertz CT molecular complexity index is 1270. The number of aromatic nitrogens is 2. The molecule has 1 aromatic heterocycles. The molecule has 3 aromatic rings. The fourth-order valence-corrected chi connectivity index (χ4v) is 5.85. The first-order valence-electron chi connectivity index (χ1n) is 12.3. The molecule has 1 heterocycles. The zero-order chi connectivity index (χ0) is 25.7. The van der Waals surface area contributed by atoms with E-state index in [1.807, 2.05) is 59.2 Å². The number of hydrogen-bond acceptors (Lipinski definition) is 5. The maximum absolute atomic E-state index is 13.4. The van der Waals surface area contributed by atoms with E-state index in [9.17, 15) is 8.42 Å². The van der Waals surface area contributed by atoms with Crippen molar-refractivity contribution in [2.24, 2.45) is 11.8 Å². The molecule has 2 aromatic carbocycles. The second-order valence-electron chi connectivity index (χ2n) is 9.76. The summed E-state index contributed by atoms with van der Waals surface area (Å²) in [5, 5.41) is 4.06. The van der Waals surface area contributed by atoms with E-state index < -0.39 is 9.84 Å². The Labute approximate surface area is 219 Å². The van der Waals surface area contributed by atoms with Gasteiger partial charge in [-0.1, -0.05) is 44.2 Å². The standard InChI is InChI=1S/C27H34N4O3S2/c1-20(2)16-31-24(15-28-27(31)36(32,33)19-22-7-5-4-6-8-22)18-30(17-21-9-10-21)26(35)29-23-11-13-25(34-3)14-12-23/h4-8,11-15,20-21H,9-10,16-19H2,1-3H3,(H,29,35). The Balaban J connectivity index is 1.58. The quantitative estimate of drug-likeness (QED) is 0.347. The van der Waals surface area contributed by atoms with Crippen molar-refractivity contribution in [3.8, 4) is 5.75 Å². The van der Waals surface area contributed by atoms with Crippen LogP contribution in [0.3, 0.4) is 0 Å². The lowest BCUT2D eigenvalue weighted by molar-refractivity contribution is 0.374. The number of ether oxygens (including phenoxy) is 1. The molecule has 1 N–H and O–H groups in total. The smallest absolute Gasteiger partial charge is 0.228 e. The van der Waals surface area contributed by atoms with Crippen molar-refractivity contribution in [3.05, 3.63) is 72.1 Å². The molecule has 0 radical (unpaired) electrons. The first-order valence-corrected chi connectivity index (χ1v) is 14.3. The highest BCUT2D eigenvalue weighted by molar-refractivity contribution is 7.90. The van der Waals surface area contributed by atoms with Crippen molar-refractivity contribution < 1.29 is 13.2 Å². The minimum Gasteiger partial charge on any atom is -0.497 e. The van der Waals surface area contributed by atoms with Crippen LogP contribution in [0.25, 0.3) is 0 Å². The van der Waals surface area contributed by atoms with E-state index in [2.05, 4.69) is 29.0 Å². The van der Waals surface area contributed by atoms with Crippen molar-refractivity contribution in [1.82, 2.24) is 14.5 Å². The van der Waals surface area contributed by atoms with Crippen LogP contribution in [-0.4, -0.2) is 41.6 Å². The third-order valence-corrected chi connectivity index (χ3v) is 8.04. The van der Waals surface area contributed by atoms with Gasteiger partial charge in [0.25, 0.3) is 0 Å². The molecular weight excluding hydrogens is 492 g/mol. The molecule has 0 aliphatic heterocycles. The highest BCUT2D eigenvalue weighted by atomic mass is 32.2. The molecule has 0 spiro atoms. The van der Waals surface area contributed by atoms with E-state index in [4.69, 9.17) is 17.0 Å². The van der Waals surface area contributed by atoms with Crippen LogP contribution in [0.15, 0.2) is 66.0 Å². The molecule has 4 rings (SSSR count). The number of imidazole rings is 1. The molecule has 0 bridgehead atoms. The maximum atomic E-state index is 13.4. The summed E-state index contributed by atoms with van der Waals surface area (Å²) in [6, 6.07) is 16.9. The Morgan fingerprint density at radius 2 is 1.86 bits per heavy atom. The molecule has 1 saturated carbocycles. The van der Waals surface area contributed by atoms with Crippen LogP contribution in [0.4, 0.5) is 5.69 Å². The van der Waals surface area contributed by atoms with Gasteiger partial charge in [0.2, 0.25) is 15.0 Å². The van der Waals surface area contributed by atoms with Crippen LogP contribution < -0.4 is 10.1 Å². The molecular formula is C27H34N4O3S2. The fraction of sp³-hybridized carbons (Fsp3) is 0.407. The van der Waals surface area contributed by atoms with Gasteiger partial charge in [0.05, 0.1) is 31.3 Å². The number of anilines is 1. The Morgan fingerprint density at radius 3 is 2.47 bits per heavy atom. The summed E-state index contributed by atoms with van der Waals surface area (Å²) in [6.45, 7) is 6.03. The molecule has 0 unspecified atom stereocenters. The van der Waals surface area contributed by atoms with Crippen molar-refractivity contribution >= 4 is 32.9 Å². The van der Waals surface area contributed by atoms with E-state index in [0.717, 1.165) is 29.2 Å². The summed E-state index contributed by atoms with van der Waals surface area (Å²) < 4.78 is 33.8. The molecule has 1 fully saturated rings. The number of rotatable bonds is 11. The number of hydrogen-bond donors (Lipinski definition) is 1. The molecule has 7 nitrogen and oxygen atoms in total.